The van der Waals surface area contributed by atoms with Crippen molar-refractivity contribution in [3.05, 3.63) is 29.8 Å². The summed E-state index contributed by atoms with van der Waals surface area (Å²) >= 11 is 0. The molecule has 0 aromatic heterocycles. The number of primary amides is 1. The maximum atomic E-state index is 12.8. The Kier molecular flexibility index (Phi) is 11.1. The number of carbonyl (C=O) groups excluding carboxylic acids is 3. The van der Waals surface area contributed by atoms with Gasteiger partial charge in [0.1, 0.15) is 6.04 Å². The molecule has 9 nitrogen and oxygen atoms in total. The van der Waals surface area contributed by atoms with E-state index in [1.807, 2.05) is 26.0 Å². The summed E-state index contributed by atoms with van der Waals surface area (Å²) in [6.07, 6.45) is 0.781. The first-order valence-electron chi connectivity index (χ1n) is 11.0. The van der Waals surface area contributed by atoms with E-state index in [4.69, 9.17) is 16.2 Å². The molecule has 0 unspecified atom stereocenters. The molecule has 0 aliphatic carbocycles. The average molecular weight is 450 g/mol. The molecule has 32 heavy (non-hydrogen) atoms. The predicted octanol–water partition coefficient (Wildman–Crippen LogP) is 2.10. The molecule has 1 aromatic rings. The summed E-state index contributed by atoms with van der Waals surface area (Å²) in [4.78, 5) is 36.1. The second-order valence-corrected chi connectivity index (χ2v) is 9.50. The van der Waals surface area contributed by atoms with Gasteiger partial charge in [-0.2, -0.15) is 0 Å². The number of hydrogen-bond acceptors (Lipinski definition) is 5. The third kappa shape index (κ3) is 11.1. The van der Waals surface area contributed by atoms with E-state index in [9.17, 15) is 14.4 Å². The van der Waals surface area contributed by atoms with Crippen molar-refractivity contribution in [2.45, 2.75) is 66.2 Å². The highest BCUT2D eigenvalue weighted by molar-refractivity contribution is 5.97. The molecular weight excluding hydrogens is 410 g/mol. The number of rotatable bonds is 12. The SMILES string of the molecule is CC(C)[C@H](N)C(=O)N[C@@H](CCCNC(N)=O)C(=O)Nc1ccc(COCC(C)(C)C)cc1. The molecule has 0 heterocycles. The molecule has 0 saturated carbocycles. The summed E-state index contributed by atoms with van der Waals surface area (Å²) in [5, 5.41) is 8.02. The lowest BCUT2D eigenvalue weighted by molar-refractivity contribution is -0.128. The lowest BCUT2D eigenvalue weighted by atomic mass is 9.99. The van der Waals surface area contributed by atoms with Crippen LogP contribution in [0.2, 0.25) is 0 Å². The lowest BCUT2D eigenvalue weighted by Gasteiger charge is -2.22. The molecule has 4 amide bonds. The first-order valence-corrected chi connectivity index (χ1v) is 11.0. The van der Waals surface area contributed by atoms with Crippen LogP contribution in [0.3, 0.4) is 0 Å². The minimum absolute atomic E-state index is 0.0664. The minimum Gasteiger partial charge on any atom is -0.376 e. The van der Waals surface area contributed by atoms with Crippen LogP contribution in [0.25, 0.3) is 0 Å². The molecule has 2 atom stereocenters. The average Bonchev–Trinajstić information content (AvgIpc) is 2.69. The Morgan fingerprint density at radius 2 is 1.69 bits per heavy atom. The van der Waals surface area contributed by atoms with Gasteiger partial charge in [0.15, 0.2) is 0 Å². The number of benzene rings is 1. The predicted molar refractivity (Wildman–Crippen MR) is 126 cm³/mol. The van der Waals surface area contributed by atoms with E-state index >= 15 is 0 Å². The Labute approximate surface area is 191 Å². The van der Waals surface area contributed by atoms with Crippen molar-refractivity contribution in [3.63, 3.8) is 0 Å². The van der Waals surface area contributed by atoms with Crippen LogP contribution in [-0.2, 0) is 20.9 Å². The van der Waals surface area contributed by atoms with Gasteiger partial charge in [0.25, 0.3) is 0 Å². The number of nitrogens with two attached hydrogens (primary N) is 2. The highest BCUT2D eigenvalue weighted by Crippen LogP contribution is 2.16. The normalized spacial score (nSPS) is 13.3. The maximum Gasteiger partial charge on any atom is 0.312 e. The van der Waals surface area contributed by atoms with Gasteiger partial charge in [-0.1, -0.05) is 46.8 Å². The smallest absolute Gasteiger partial charge is 0.312 e. The molecule has 0 aliphatic heterocycles. The Hall–Kier alpha value is -2.65. The van der Waals surface area contributed by atoms with Gasteiger partial charge in [0.05, 0.1) is 19.3 Å². The molecular formula is C23H39N5O4. The number of urea groups is 1. The number of amides is 4. The monoisotopic (exact) mass is 449 g/mol. The van der Waals surface area contributed by atoms with E-state index in [0.717, 1.165) is 5.56 Å². The van der Waals surface area contributed by atoms with Crippen molar-refractivity contribution in [2.24, 2.45) is 22.8 Å². The van der Waals surface area contributed by atoms with Gasteiger partial charge < -0.3 is 32.2 Å². The van der Waals surface area contributed by atoms with Crippen molar-refractivity contribution in [3.8, 4) is 0 Å². The first kappa shape index (κ1) is 27.4. The summed E-state index contributed by atoms with van der Waals surface area (Å²) in [5.74, 6) is -0.817. The first-order chi connectivity index (χ1) is 14.9. The van der Waals surface area contributed by atoms with Crippen molar-refractivity contribution in [1.29, 1.82) is 0 Å². The van der Waals surface area contributed by atoms with Gasteiger partial charge in [0, 0.05) is 12.2 Å². The van der Waals surface area contributed by atoms with Crippen LogP contribution >= 0.6 is 0 Å². The molecule has 180 valence electrons. The standard InChI is InChI=1S/C23H39N5O4/c1-15(2)19(24)21(30)28-18(7-6-12-26-22(25)31)20(29)27-17-10-8-16(9-11-17)13-32-14-23(3,4)5/h8-11,15,18-19H,6-7,12-14,24H2,1-5H3,(H,27,29)(H,28,30)(H3,25,26,31)/t18-,19-/m0/s1. The Balaban J connectivity index is 2.72. The van der Waals surface area contributed by atoms with E-state index in [0.29, 0.717) is 38.3 Å². The van der Waals surface area contributed by atoms with Gasteiger partial charge in [-0.3, -0.25) is 9.59 Å². The zero-order valence-corrected chi connectivity index (χ0v) is 19.9. The van der Waals surface area contributed by atoms with Crippen LogP contribution in [0, 0.1) is 11.3 Å². The van der Waals surface area contributed by atoms with Gasteiger partial charge in [-0.25, -0.2) is 4.79 Å². The molecule has 0 saturated heterocycles. The van der Waals surface area contributed by atoms with Crippen molar-refractivity contribution in [2.75, 3.05) is 18.5 Å². The fraction of sp³-hybridized carbons (Fsp3) is 0.609. The number of hydrogen-bond donors (Lipinski definition) is 5. The van der Waals surface area contributed by atoms with Crippen LogP contribution in [0.5, 0.6) is 0 Å². The number of nitrogens with one attached hydrogen (secondary N) is 3. The van der Waals surface area contributed by atoms with Gasteiger partial charge in [0.2, 0.25) is 11.8 Å². The summed E-state index contributed by atoms with van der Waals surface area (Å²) < 4.78 is 5.71. The van der Waals surface area contributed by atoms with E-state index < -0.39 is 24.0 Å². The molecule has 0 aliphatic rings. The van der Waals surface area contributed by atoms with Gasteiger partial charge in [-0.05, 0) is 41.9 Å². The van der Waals surface area contributed by atoms with Crippen LogP contribution in [0.1, 0.15) is 53.0 Å². The van der Waals surface area contributed by atoms with Gasteiger partial charge >= 0.3 is 6.03 Å². The second-order valence-electron chi connectivity index (χ2n) is 9.50. The fourth-order valence-electron chi connectivity index (χ4n) is 2.75. The summed E-state index contributed by atoms with van der Waals surface area (Å²) in [7, 11) is 0. The van der Waals surface area contributed by atoms with E-state index in [-0.39, 0.29) is 17.2 Å². The summed E-state index contributed by atoms with van der Waals surface area (Å²) in [6.45, 7) is 11.4. The largest absolute Gasteiger partial charge is 0.376 e. The van der Waals surface area contributed by atoms with E-state index in [1.165, 1.54) is 0 Å². The Morgan fingerprint density at radius 1 is 1.06 bits per heavy atom. The summed E-state index contributed by atoms with van der Waals surface area (Å²) in [5.41, 5.74) is 12.7. The fourth-order valence-corrected chi connectivity index (χ4v) is 2.75. The van der Waals surface area contributed by atoms with Crippen LogP contribution < -0.4 is 27.4 Å². The quantitative estimate of drug-likeness (QED) is 0.310. The van der Waals surface area contributed by atoms with Crippen LogP contribution in [0.4, 0.5) is 10.5 Å². The summed E-state index contributed by atoms with van der Waals surface area (Å²) in [6, 6.07) is 5.21. The Morgan fingerprint density at radius 3 is 2.22 bits per heavy atom. The third-order valence-electron chi connectivity index (χ3n) is 4.65. The van der Waals surface area contributed by atoms with Gasteiger partial charge in [-0.15, -0.1) is 0 Å². The second kappa shape index (κ2) is 13.0. The topological polar surface area (TPSA) is 149 Å². The van der Waals surface area contributed by atoms with Crippen molar-refractivity contribution >= 4 is 23.5 Å². The zero-order valence-electron chi connectivity index (χ0n) is 19.9. The lowest BCUT2D eigenvalue weighted by Crippen LogP contribution is -2.51. The molecule has 0 fully saturated rings. The zero-order chi connectivity index (χ0) is 24.3. The number of carbonyl (C=O) groups is 3. The highest BCUT2D eigenvalue weighted by Gasteiger charge is 2.25. The van der Waals surface area contributed by atoms with Crippen LogP contribution in [-0.4, -0.2) is 43.1 Å². The molecule has 0 radical (unpaired) electrons. The third-order valence-corrected chi connectivity index (χ3v) is 4.65. The minimum atomic E-state index is -0.795. The molecule has 7 N–H and O–H groups in total. The van der Waals surface area contributed by atoms with Crippen molar-refractivity contribution < 1.29 is 19.1 Å². The molecule has 9 heteroatoms. The van der Waals surface area contributed by atoms with Crippen LogP contribution in [0.15, 0.2) is 24.3 Å². The maximum absolute atomic E-state index is 12.8. The highest BCUT2D eigenvalue weighted by atomic mass is 16.5. The number of ether oxygens (including phenoxy) is 1. The Bertz CT molecular complexity index is 744. The van der Waals surface area contributed by atoms with Crippen molar-refractivity contribution in [1.82, 2.24) is 10.6 Å². The molecule has 0 bridgehead atoms. The van der Waals surface area contributed by atoms with E-state index in [1.54, 1.807) is 12.1 Å². The number of anilines is 1. The molecule has 0 spiro atoms. The molecule has 1 rings (SSSR count). The molecule has 1 aromatic carbocycles. The van der Waals surface area contributed by atoms with E-state index in [2.05, 4.69) is 36.7 Å².